The molecule has 1 aliphatic carbocycles. The van der Waals surface area contributed by atoms with Crippen molar-refractivity contribution in [1.29, 1.82) is 0 Å². The second-order valence-electron chi connectivity index (χ2n) is 6.24. The molecule has 1 N–H and O–H groups in total. The molecule has 0 bridgehead atoms. The van der Waals surface area contributed by atoms with E-state index in [1.807, 2.05) is 0 Å². The van der Waals surface area contributed by atoms with Crippen LogP contribution in [0.1, 0.15) is 55.8 Å². The summed E-state index contributed by atoms with van der Waals surface area (Å²) in [4.78, 5) is 0. The first-order chi connectivity index (χ1) is 9.60. The Morgan fingerprint density at radius 1 is 1.30 bits per heavy atom. The first-order valence-electron chi connectivity index (χ1n) is 7.97. The van der Waals surface area contributed by atoms with Crippen LogP contribution >= 0.6 is 0 Å². The van der Waals surface area contributed by atoms with Gasteiger partial charge in [0, 0.05) is 11.6 Å². The summed E-state index contributed by atoms with van der Waals surface area (Å²) in [5, 5.41) is 3.71. The third-order valence-electron chi connectivity index (χ3n) is 5.03. The van der Waals surface area contributed by atoms with Crippen LogP contribution in [0.4, 0.5) is 0 Å². The Hall–Kier alpha value is -1.02. The number of benzene rings is 1. The number of hydrogen-bond acceptors (Lipinski definition) is 2. The molecule has 0 amide bonds. The highest BCUT2D eigenvalue weighted by molar-refractivity contribution is 5.47. The fourth-order valence-corrected chi connectivity index (χ4v) is 3.71. The van der Waals surface area contributed by atoms with Crippen molar-refractivity contribution in [3.63, 3.8) is 0 Å². The minimum Gasteiger partial charge on any atom is -0.496 e. The van der Waals surface area contributed by atoms with Crippen LogP contribution < -0.4 is 10.1 Å². The summed E-state index contributed by atoms with van der Waals surface area (Å²) in [7, 11) is 1.80. The van der Waals surface area contributed by atoms with Crippen LogP contribution in [0.25, 0.3) is 0 Å². The van der Waals surface area contributed by atoms with E-state index in [9.17, 15) is 0 Å². The van der Waals surface area contributed by atoms with Gasteiger partial charge in [-0.1, -0.05) is 38.8 Å². The molecule has 1 aromatic carbocycles. The number of nitrogens with one attached hydrogen (secondary N) is 1. The van der Waals surface area contributed by atoms with Gasteiger partial charge in [0.15, 0.2) is 0 Å². The van der Waals surface area contributed by atoms with E-state index in [1.54, 1.807) is 7.11 Å². The lowest BCUT2D eigenvalue weighted by Crippen LogP contribution is -2.30. The molecule has 0 aromatic heterocycles. The van der Waals surface area contributed by atoms with Gasteiger partial charge >= 0.3 is 0 Å². The summed E-state index contributed by atoms with van der Waals surface area (Å²) in [6, 6.07) is 4.92. The molecule has 2 rings (SSSR count). The Morgan fingerprint density at radius 2 is 2.05 bits per heavy atom. The predicted molar refractivity (Wildman–Crippen MR) is 85.4 cm³/mol. The van der Waals surface area contributed by atoms with Gasteiger partial charge in [-0.25, -0.2) is 0 Å². The molecule has 0 heterocycles. The van der Waals surface area contributed by atoms with Gasteiger partial charge in [0.25, 0.3) is 0 Å². The van der Waals surface area contributed by atoms with Gasteiger partial charge in [-0.15, -0.1) is 0 Å². The van der Waals surface area contributed by atoms with Crippen molar-refractivity contribution in [3.05, 3.63) is 28.8 Å². The molecule has 0 saturated heterocycles. The average Bonchev–Trinajstić information content (AvgIpc) is 2.85. The summed E-state index contributed by atoms with van der Waals surface area (Å²) in [5.74, 6) is 2.60. The second-order valence-corrected chi connectivity index (χ2v) is 6.24. The number of hydrogen-bond donors (Lipinski definition) is 1. The maximum atomic E-state index is 5.74. The molecule has 1 saturated carbocycles. The summed E-state index contributed by atoms with van der Waals surface area (Å²) >= 11 is 0. The van der Waals surface area contributed by atoms with Gasteiger partial charge in [-0.2, -0.15) is 0 Å². The van der Waals surface area contributed by atoms with Crippen LogP contribution in [-0.2, 0) is 0 Å². The van der Waals surface area contributed by atoms with Gasteiger partial charge in [0.2, 0.25) is 0 Å². The van der Waals surface area contributed by atoms with E-state index in [4.69, 9.17) is 4.74 Å². The van der Waals surface area contributed by atoms with Crippen molar-refractivity contribution in [2.24, 2.45) is 11.8 Å². The van der Waals surface area contributed by atoms with E-state index in [0.717, 1.165) is 24.1 Å². The molecule has 1 fully saturated rings. The first-order valence-corrected chi connectivity index (χ1v) is 7.97. The molecular formula is C18H29NO. The summed E-state index contributed by atoms with van der Waals surface area (Å²) in [5.41, 5.74) is 3.93. The lowest BCUT2D eigenvalue weighted by Gasteiger charge is -2.30. The van der Waals surface area contributed by atoms with Crippen molar-refractivity contribution in [2.75, 3.05) is 13.7 Å². The van der Waals surface area contributed by atoms with Crippen LogP contribution in [0.15, 0.2) is 12.1 Å². The highest BCUT2D eigenvalue weighted by atomic mass is 16.5. The lowest BCUT2D eigenvalue weighted by molar-refractivity contribution is 0.295. The molecule has 112 valence electrons. The number of aryl methyl sites for hydroxylation is 1. The van der Waals surface area contributed by atoms with Crippen molar-refractivity contribution >= 4 is 0 Å². The van der Waals surface area contributed by atoms with Crippen molar-refractivity contribution in [1.82, 2.24) is 5.32 Å². The number of ether oxygens (including phenoxy) is 1. The topological polar surface area (TPSA) is 21.3 Å². The molecule has 0 spiro atoms. The predicted octanol–water partition coefficient (Wildman–Crippen LogP) is 4.40. The Bertz CT molecular complexity index is 455. The maximum Gasteiger partial charge on any atom is 0.126 e. The van der Waals surface area contributed by atoms with E-state index in [-0.39, 0.29) is 0 Å². The highest BCUT2D eigenvalue weighted by Gasteiger charge is 2.33. The van der Waals surface area contributed by atoms with Crippen LogP contribution in [0, 0.1) is 25.7 Å². The van der Waals surface area contributed by atoms with E-state index in [0.29, 0.717) is 6.04 Å². The lowest BCUT2D eigenvalue weighted by atomic mass is 9.84. The van der Waals surface area contributed by atoms with Gasteiger partial charge in [0.05, 0.1) is 7.11 Å². The minimum atomic E-state index is 0.423. The van der Waals surface area contributed by atoms with Crippen LogP contribution in [0.2, 0.25) is 0 Å². The van der Waals surface area contributed by atoms with Crippen molar-refractivity contribution < 1.29 is 4.74 Å². The Balaban J connectivity index is 2.41. The maximum absolute atomic E-state index is 5.74. The SMILES string of the molecule is CCNC(c1ccc(C)c(C)c1OC)C1CCCC1C. The molecule has 20 heavy (non-hydrogen) atoms. The van der Waals surface area contributed by atoms with Crippen LogP contribution in [-0.4, -0.2) is 13.7 Å². The minimum absolute atomic E-state index is 0.423. The standard InChI is InChI=1S/C18H29NO/c1-6-19-17(15-9-7-8-13(15)3)16-11-10-12(2)14(4)18(16)20-5/h10-11,13,15,17,19H,6-9H2,1-5H3. The van der Waals surface area contributed by atoms with Gasteiger partial charge in [0.1, 0.15) is 5.75 Å². The summed E-state index contributed by atoms with van der Waals surface area (Å²) < 4.78 is 5.74. The van der Waals surface area contributed by atoms with Crippen molar-refractivity contribution in [3.8, 4) is 5.75 Å². The number of rotatable bonds is 5. The normalized spacial score (nSPS) is 23.9. The van der Waals surface area contributed by atoms with Gasteiger partial charge < -0.3 is 10.1 Å². The Morgan fingerprint density at radius 3 is 2.60 bits per heavy atom. The smallest absolute Gasteiger partial charge is 0.126 e. The number of methoxy groups -OCH3 is 1. The quantitative estimate of drug-likeness (QED) is 0.860. The monoisotopic (exact) mass is 275 g/mol. The van der Waals surface area contributed by atoms with Crippen molar-refractivity contribution in [2.45, 2.75) is 53.0 Å². The highest BCUT2D eigenvalue weighted by Crippen LogP contribution is 2.43. The molecule has 2 nitrogen and oxygen atoms in total. The van der Waals surface area contributed by atoms with Gasteiger partial charge in [-0.05, 0) is 49.8 Å². The molecule has 0 radical (unpaired) electrons. The third kappa shape index (κ3) is 2.85. The fraction of sp³-hybridized carbons (Fsp3) is 0.667. The zero-order valence-corrected chi connectivity index (χ0v) is 13.6. The molecule has 1 aromatic rings. The Kier molecular flexibility index (Phi) is 5.09. The summed E-state index contributed by atoms with van der Waals surface area (Å²) in [6.07, 6.45) is 4.05. The van der Waals surface area contributed by atoms with E-state index in [1.165, 1.54) is 36.0 Å². The molecule has 2 heteroatoms. The molecule has 3 atom stereocenters. The molecule has 1 aliphatic rings. The van der Waals surface area contributed by atoms with Gasteiger partial charge in [-0.3, -0.25) is 0 Å². The largest absolute Gasteiger partial charge is 0.496 e. The molecule has 3 unspecified atom stereocenters. The second kappa shape index (κ2) is 6.62. The third-order valence-corrected chi connectivity index (χ3v) is 5.03. The average molecular weight is 275 g/mol. The molecular weight excluding hydrogens is 246 g/mol. The zero-order chi connectivity index (χ0) is 14.7. The molecule has 0 aliphatic heterocycles. The summed E-state index contributed by atoms with van der Waals surface area (Å²) in [6.45, 7) is 9.92. The fourth-order valence-electron chi connectivity index (χ4n) is 3.71. The van der Waals surface area contributed by atoms with Crippen LogP contribution in [0.3, 0.4) is 0 Å². The Labute approximate surface area is 123 Å². The van der Waals surface area contributed by atoms with Crippen LogP contribution in [0.5, 0.6) is 5.75 Å². The first kappa shape index (κ1) is 15.4. The van der Waals surface area contributed by atoms with E-state index in [2.05, 4.69) is 45.1 Å². The van der Waals surface area contributed by atoms with E-state index >= 15 is 0 Å². The van der Waals surface area contributed by atoms with E-state index < -0.39 is 0 Å². The zero-order valence-electron chi connectivity index (χ0n) is 13.6.